The summed E-state index contributed by atoms with van der Waals surface area (Å²) in [5.74, 6) is -1.47. The summed E-state index contributed by atoms with van der Waals surface area (Å²) in [6, 6.07) is 11.0. The van der Waals surface area contributed by atoms with E-state index in [9.17, 15) is 8.78 Å². The third-order valence-corrected chi connectivity index (χ3v) is 2.61. The first-order valence-corrected chi connectivity index (χ1v) is 5.59. The van der Waals surface area contributed by atoms with Crippen LogP contribution in [0.1, 0.15) is 5.56 Å². The van der Waals surface area contributed by atoms with Crippen LogP contribution < -0.4 is 11.1 Å². The molecule has 18 heavy (non-hydrogen) atoms. The lowest BCUT2D eigenvalue weighted by molar-refractivity contribution is 0.590. The number of thiocarbonyl (C=S) groups is 1. The van der Waals surface area contributed by atoms with Crippen molar-refractivity contribution in [2.45, 2.75) is 0 Å². The Kier molecular flexibility index (Phi) is 3.53. The number of anilines is 2. The Morgan fingerprint density at radius 3 is 2.11 bits per heavy atom. The summed E-state index contributed by atoms with van der Waals surface area (Å²) >= 11 is 4.68. The van der Waals surface area contributed by atoms with Crippen LogP contribution in [0, 0.1) is 11.6 Å². The highest BCUT2D eigenvalue weighted by Crippen LogP contribution is 2.24. The molecule has 0 fully saturated rings. The molecule has 0 radical (unpaired) electrons. The molecule has 0 saturated carbocycles. The average Bonchev–Trinajstić information content (AvgIpc) is 2.34. The van der Waals surface area contributed by atoms with Gasteiger partial charge in [0.2, 0.25) is 0 Å². The van der Waals surface area contributed by atoms with Gasteiger partial charge in [-0.2, -0.15) is 0 Å². The van der Waals surface area contributed by atoms with Gasteiger partial charge in [-0.05, 0) is 24.3 Å². The van der Waals surface area contributed by atoms with Crippen LogP contribution in [-0.2, 0) is 0 Å². The molecule has 0 heterocycles. The molecule has 0 bridgehead atoms. The van der Waals surface area contributed by atoms with Crippen molar-refractivity contribution >= 4 is 28.6 Å². The molecule has 92 valence electrons. The Morgan fingerprint density at radius 2 is 1.61 bits per heavy atom. The van der Waals surface area contributed by atoms with Crippen molar-refractivity contribution in [3.05, 3.63) is 59.7 Å². The maximum absolute atomic E-state index is 13.7. The lowest BCUT2D eigenvalue weighted by atomic mass is 10.1. The van der Waals surface area contributed by atoms with Gasteiger partial charge in [0, 0.05) is 11.3 Å². The highest BCUT2D eigenvalue weighted by atomic mass is 32.1. The summed E-state index contributed by atoms with van der Waals surface area (Å²) in [6.45, 7) is 0. The number of hydrogen-bond acceptors (Lipinski definition) is 2. The second-order valence-corrected chi connectivity index (χ2v) is 4.11. The Balaban J connectivity index is 2.37. The number of nitrogens with two attached hydrogens (primary N) is 1. The lowest BCUT2D eigenvalue weighted by Crippen LogP contribution is -2.11. The topological polar surface area (TPSA) is 38.0 Å². The van der Waals surface area contributed by atoms with Gasteiger partial charge in [-0.3, -0.25) is 0 Å². The third-order valence-electron chi connectivity index (χ3n) is 2.37. The van der Waals surface area contributed by atoms with Crippen LogP contribution in [0.15, 0.2) is 42.5 Å². The molecule has 0 aliphatic carbocycles. The number of nitrogens with one attached hydrogen (secondary N) is 1. The van der Waals surface area contributed by atoms with Crippen LogP contribution in [0.25, 0.3) is 0 Å². The molecular formula is C13H10F2N2S. The molecule has 0 unspecified atom stereocenters. The molecule has 0 atom stereocenters. The minimum Gasteiger partial charge on any atom is -0.389 e. The van der Waals surface area contributed by atoms with Crippen molar-refractivity contribution in [1.29, 1.82) is 0 Å². The Bertz CT molecular complexity index is 562. The van der Waals surface area contributed by atoms with Gasteiger partial charge in [0.05, 0.1) is 0 Å². The number of halogens is 2. The van der Waals surface area contributed by atoms with Crippen molar-refractivity contribution in [2.24, 2.45) is 5.73 Å². The fourth-order valence-electron chi connectivity index (χ4n) is 1.50. The van der Waals surface area contributed by atoms with E-state index in [0.717, 1.165) is 12.1 Å². The molecule has 0 spiro atoms. The summed E-state index contributed by atoms with van der Waals surface area (Å²) in [6.07, 6.45) is 0. The molecule has 0 aromatic heterocycles. The minimum absolute atomic E-state index is 0.0425. The molecule has 3 N–H and O–H groups in total. The normalized spacial score (nSPS) is 10.1. The van der Waals surface area contributed by atoms with Crippen LogP contribution in [0.3, 0.4) is 0 Å². The zero-order valence-electron chi connectivity index (χ0n) is 9.28. The Labute approximate surface area is 108 Å². The van der Waals surface area contributed by atoms with Gasteiger partial charge in [-0.15, -0.1) is 0 Å². The Hall–Kier alpha value is -2.01. The summed E-state index contributed by atoms with van der Waals surface area (Å²) in [4.78, 5) is -0.0425. The van der Waals surface area contributed by atoms with Gasteiger partial charge in [-0.25, -0.2) is 8.78 Å². The summed E-state index contributed by atoms with van der Waals surface area (Å²) in [5, 5.41) is 2.67. The number of rotatable bonds is 3. The van der Waals surface area contributed by atoms with E-state index in [0.29, 0.717) is 5.69 Å². The zero-order valence-corrected chi connectivity index (χ0v) is 10.1. The summed E-state index contributed by atoms with van der Waals surface area (Å²) in [7, 11) is 0. The molecular weight excluding hydrogens is 254 g/mol. The predicted octanol–water partition coefficient (Wildman–Crippen LogP) is 3.34. The molecule has 2 rings (SSSR count). The first kappa shape index (κ1) is 12.4. The largest absolute Gasteiger partial charge is 0.389 e. The van der Waals surface area contributed by atoms with Crippen molar-refractivity contribution in [1.82, 2.24) is 0 Å². The highest BCUT2D eigenvalue weighted by Gasteiger charge is 2.12. The molecule has 0 aliphatic heterocycles. The van der Waals surface area contributed by atoms with Crippen molar-refractivity contribution in [3.8, 4) is 0 Å². The molecule has 0 saturated heterocycles. The molecule has 2 aromatic carbocycles. The van der Waals surface area contributed by atoms with Crippen LogP contribution >= 0.6 is 12.2 Å². The van der Waals surface area contributed by atoms with Gasteiger partial charge in [0.25, 0.3) is 0 Å². The monoisotopic (exact) mass is 264 g/mol. The third kappa shape index (κ3) is 2.62. The lowest BCUT2D eigenvalue weighted by Gasteiger charge is -2.10. The predicted molar refractivity (Wildman–Crippen MR) is 72.0 cm³/mol. The minimum atomic E-state index is -0.735. The van der Waals surface area contributed by atoms with E-state index in [4.69, 9.17) is 5.73 Å². The molecule has 5 heteroatoms. The van der Waals surface area contributed by atoms with Crippen molar-refractivity contribution in [2.75, 3.05) is 5.32 Å². The summed E-state index contributed by atoms with van der Waals surface area (Å²) < 4.78 is 27.5. The Morgan fingerprint density at radius 1 is 1.06 bits per heavy atom. The van der Waals surface area contributed by atoms with Gasteiger partial charge in [0.1, 0.15) is 22.3 Å². The van der Waals surface area contributed by atoms with E-state index in [2.05, 4.69) is 17.5 Å². The zero-order chi connectivity index (χ0) is 13.1. The van der Waals surface area contributed by atoms with E-state index in [-0.39, 0.29) is 16.2 Å². The molecule has 2 nitrogen and oxygen atoms in total. The SMILES string of the molecule is NC(=S)c1cc(F)c(Nc2ccccc2)c(F)c1. The van der Waals surface area contributed by atoms with Gasteiger partial charge < -0.3 is 11.1 Å². The van der Waals surface area contributed by atoms with Crippen LogP contribution in [0.2, 0.25) is 0 Å². The molecule has 0 aliphatic rings. The smallest absolute Gasteiger partial charge is 0.150 e. The van der Waals surface area contributed by atoms with E-state index in [1.807, 2.05) is 6.07 Å². The fourth-order valence-corrected chi connectivity index (χ4v) is 1.62. The quantitative estimate of drug-likeness (QED) is 0.835. The summed E-state index contributed by atoms with van der Waals surface area (Å²) in [5.41, 5.74) is 5.87. The van der Waals surface area contributed by atoms with Crippen molar-refractivity contribution < 1.29 is 8.78 Å². The second kappa shape index (κ2) is 5.10. The van der Waals surface area contributed by atoms with E-state index in [1.165, 1.54) is 0 Å². The van der Waals surface area contributed by atoms with Crippen molar-refractivity contribution in [3.63, 3.8) is 0 Å². The fraction of sp³-hybridized carbons (Fsp3) is 0. The van der Waals surface area contributed by atoms with Gasteiger partial charge in [-0.1, -0.05) is 30.4 Å². The van der Waals surface area contributed by atoms with Gasteiger partial charge in [0.15, 0.2) is 0 Å². The first-order chi connectivity index (χ1) is 8.58. The molecule has 2 aromatic rings. The van der Waals surface area contributed by atoms with Crippen LogP contribution in [0.4, 0.5) is 20.2 Å². The maximum atomic E-state index is 13.7. The number of hydrogen-bond donors (Lipinski definition) is 2. The second-order valence-electron chi connectivity index (χ2n) is 3.67. The molecule has 0 amide bonds. The number of benzene rings is 2. The first-order valence-electron chi connectivity index (χ1n) is 5.19. The van der Waals surface area contributed by atoms with E-state index < -0.39 is 11.6 Å². The van der Waals surface area contributed by atoms with Crippen LogP contribution in [0.5, 0.6) is 0 Å². The van der Waals surface area contributed by atoms with Gasteiger partial charge >= 0.3 is 0 Å². The standard InChI is InChI=1S/C13H10F2N2S/c14-10-6-8(13(16)18)7-11(15)12(10)17-9-4-2-1-3-5-9/h1-7,17H,(H2,16,18). The van der Waals surface area contributed by atoms with E-state index in [1.54, 1.807) is 24.3 Å². The van der Waals surface area contributed by atoms with E-state index >= 15 is 0 Å². The average molecular weight is 264 g/mol. The number of para-hydroxylation sites is 1. The maximum Gasteiger partial charge on any atom is 0.150 e. The van der Waals surface area contributed by atoms with Crippen LogP contribution in [-0.4, -0.2) is 4.99 Å². The highest BCUT2D eigenvalue weighted by molar-refractivity contribution is 7.80.